The van der Waals surface area contributed by atoms with Gasteiger partial charge in [-0.1, -0.05) is 29.5 Å². The van der Waals surface area contributed by atoms with Crippen molar-refractivity contribution in [1.82, 2.24) is 4.57 Å². The van der Waals surface area contributed by atoms with Crippen molar-refractivity contribution in [3.05, 3.63) is 68.6 Å². The Morgan fingerprint density at radius 1 is 1.24 bits per heavy atom. The second kappa shape index (κ2) is 7.76. The highest BCUT2D eigenvalue weighted by Gasteiger charge is 2.18. The van der Waals surface area contributed by atoms with Crippen LogP contribution in [0.5, 0.6) is 11.6 Å². The van der Waals surface area contributed by atoms with Crippen LogP contribution in [-0.2, 0) is 11.3 Å². The molecule has 4 rings (SSSR count). The quantitative estimate of drug-likeness (QED) is 0.677. The van der Waals surface area contributed by atoms with Gasteiger partial charge in [0.25, 0.3) is 0 Å². The van der Waals surface area contributed by atoms with Crippen molar-refractivity contribution < 1.29 is 14.6 Å². The number of hydrogen-bond acceptors (Lipinski definition) is 6. The number of anilines is 1. The van der Waals surface area contributed by atoms with Crippen molar-refractivity contribution >= 4 is 46.5 Å². The van der Waals surface area contributed by atoms with Gasteiger partial charge in [0, 0.05) is 23.0 Å². The van der Waals surface area contributed by atoms with Gasteiger partial charge in [0.05, 0.1) is 17.7 Å². The molecule has 1 aliphatic heterocycles. The zero-order valence-corrected chi connectivity index (χ0v) is 16.3. The Morgan fingerprint density at radius 3 is 2.76 bits per heavy atom. The molecule has 0 spiro atoms. The van der Waals surface area contributed by atoms with Crippen LogP contribution in [0.4, 0.5) is 11.4 Å². The number of carbonyl (C=O) groups excluding carboxylic acids is 1. The number of nitrogens with zero attached hydrogens (tertiary/aromatic N) is 2. The van der Waals surface area contributed by atoms with E-state index in [1.807, 2.05) is 24.3 Å². The van der Waals surface area contributed by atoms with E-state index in [9.17, 15) is 14.7 Å². The summed E-state index contributed by atoms with van der Waals surface area (Å²) in [5.74, 6) is 0.0110. The minimum absolute atomic E-state index is 0.241. The number of thiazole rings is 1. The molecular weight excluding hydrogens is 390 g/mol. The molecule has 1 aromatic heterocycles. The first-order chi connectivity index (χ1) is 14.0. The van der Waals surface area contributed by atoms with Crippen molar-refractivity contribution in [2.75, 3.05) is 12.4 Å². The van der Waals surface area contributed by atoms with Gasteiger partial charge in [0.2, 0.25) is 11.8 Å². The first-order valence-electron chi connectivity index (χ1n) is 8.77. The molecule has 8 heteroatoms. The van der Waals surface area contributed by atoms with Crippen LogP contribution in [0.2, 0.25) is 0 Å². The van der Waals surface area contributed by atoms with Crippen LogP contribution < -0.4 is 14.9 Å². The van der Waals surface area contributed by atoms with Gasteiger partial charge < -0.3 is 15.2 Å². The topological polar surface area (TPSA) is 92.9 Å². The number of ether oxygens (including phenoxy) is 1. The minimum Gasteiger partial charge on any atom is -0.497 e. The van der Waals surface area contributed by atoms with E-state index in [2.05, 4.69) is 10.3 Å². The Kier molecular flexibility index (Phi) is 5.01. The highest BCUT2D eigenvalue weighted by atomic mass is 32.1. The fourth-order valence-electron chi connectivity index (χ4n) is 2.96. The summed E-state index contributed by atoms with van der Waals surface area (Å²) in [4.78, 5) is 28.9. The maximum absolute atomic E-state index is 12.3. The number of aromatic hydroxyl groups is 1. The van der Waals surface area contributed by atoms with Gasteiger partial charge in [-0.25, -0.2) is 0 Å². The standard InChI is InChI=1S/C21H17N3O4S/c1-28-15-8-6-14(7-9-15)23-19(25)12-24-20(26)18(29-21(24)27)10-13-11-22-17-5-3-2-4-16(13)17/h2-11,26H,12H2,1H3,(H,23,25)/b13-10+. The highest BCUT2D eigenvalue weighted by molar-refractivity contribution is 7.10. The largest absolute Gasteiger partial charge is 0.497 e. The molecule has 0 atom stereocenters. The van der Waals surface area contributed by atoms with E-state index in [1.165, 1.54) is 0 Å². The number of aliphatic imine (C=N–C) groups is 1. The minimum atomic E-state index is -0.419. The normalized spacial score (nSPS) is 13.5. The van der Waals surface area contributed by atoms with Crippen LogP contribution in [-0.4, -0.2) is 28.9 Å². The van der Waals surface area contributed by atoms with E-state index in [1.54, 1.807) is 43.7 Å². The molecule has 7 nitrogen and oxygen atoms in total. The smallest absolute Gasteiger partial charge is 0.311 e. The zero-order valence-electron chi connectivity index (χ0n) is 15.5. The van der Waals surface area contributed by atoms with E-state index in [4.69, 9.17) is 4.74 Å². The second-order valence-corrected chi connectivity index (χ2v) is 7.29. The lowest BCUT2D eigenvalue weighted by molar-refractivity contribution is -0.116. The number of methoxy groups -OCH3 is 1. The van der Waals surface area contributed by atoms with Crippen molar-refractivity contribution in [2.24, 2.45) is 4.99 Å². The number of amides is 1. The number of aromatic nitrogens is 1. The molecule has 0 radical (unpaired) electrons. The molecule has 0 saturated heterocycles. The summed E-state index contributed by atoms with van der Waals surface area (Å²) in [7, 11) is 1.56. The molecule has 1 amide bonds. The SMILES string of the molecule is COc1ccc(NC(=O)Cn2c(O)c(/C=C3\C=Nc4ccccc43)sc2=O)cc1. The molecule has 2 heterocycles. The predicted molar refractivity (Wildman–Crippen MR) is 114 cm³/mol. The number of benzene rings is 2. The summed E-state index contributed by atoms with van der Waals surface area (Å²) >= 11 is 0.879. The van der Waals surface area contributed by atoms with Crippen molar-refractivity contribution in [3.63, 3.8) is 0 Å². The number of rotatable bonds is 5. The van der Waals surface area contributed by atoms with Crippen LogP contribution in [0.15, 0.2) is 58.3 Å². The number of carbonyl (C=O) groups is 1. The van der Waals surface area contributed by atoms with Gasteiger partial charge in [0.1, 0.15) is 12.3 Å². The predicted octanol–water partition coefficient (Wildman–Crippen LogP) is 3.52. The summed E-state index contributed by atoms with van der Waals surface area (Å²) in [6, 6.07) is 14.4. The third kappa shape index (κ3) is 3.83. The Balaban J connectivity index is 1.53. The first-order valence-corrected chi connectivity index (χ1v) is 9.58. The van der Waals surface area contributed by atoms with Crippen molar-refractivity contribution in [3.8, 4) is 11.6 Å². The molecule has 0 unspecified atom stereocenters. The number of para-hydroxylation sites is 1. The first kappa shape index (κ1) is 18.7. The number of hydrogen-bond donors (Lipinski definition) is 2. The molecule has 0 bridgehead atoms. The van der Waals surface area contributed by atoms with Crippen LogP contribution in [0.3, 0.4) is 0 Å². The van der Waals surface area contributed by atoms with E-state index < -0.39 is 10.8 Å². The van der Waals surface area contributed by atoms with Crippen molar-refractivity contribution in [2.45, 2.75) is 6.54 Å². The lowest BCUT2D eigenvalue weighted by atomic mass is 10.1. The van der Waals surface area contributed by atoms with E-state index in [-0.39, 0.29) is 12.4 Å². The zero-order chi connectivity index (χ0) is 20.4. The van der Waals surface area contributed by atoms with Gasteiger partial charge in [-0.15, -0.1) is 0 Å². The Hall–Kier alpha value is -3.65. The molecule has 3 aromatic rings. The number of fused-ring (bicyclic) bond motifs is 1. The van der Waals surface area contributed by atoms with Gasteiger partial charge in [-0.2, -0.15) is 0 Å². The molecule has 146 valence electrons. The van der Waals surface area contributed by atoms with Gasteiger partial charge in [-0.05, 0) is 36.4 Å². The summed E-state index contributed by atoms with van der Waals surface area (Å²) in [6.45, 7) is -0.291. The van der Waals surface area contributed by atoms with E-state index >= 15 is 0 Å². The molecule has 2 aromatic carbocycles. The summed E-state index contributed by atoms with van der Waals surface area (Å²) < 4.78 is 6.13. The summed E-state index contributed by atoms with van der Waals surface area (Å²) in [5, 5.41) is 13.2. The van der Waals surface area contributed by atoms with Crippen LogP contribution in [0.1, 0.15) is 10.4 Å². The Labute approximate surface area is 170 Å². The average molecular weight is 407 g/mol. The molecular formula is C21H17N3O4S. The maximum atomic E-state index is 12.3. The summed E-state index contributed by atoms with van der Waals surface area (Å²) in [6.07, 6.45) is 3.39. The fourth-order valence-corrected chi connectivity index (χ4v) is 3.80. The third-order valence-corrected chi connectivity index (χ3v) is 5.33. The van der Waals surface area contributed by atoms with Crippen LogP contribution >= 0.6 is 11.3 Å². The van der Waals surface area contributed by atoms with Gasteiger partial charge in [-0.3, -0.25) is 19.1 Å². The Morgan fingerprint density at radius 2 is 2.00 bits per heavy atom. The van der Waals surface area contributed by atoms with Gasteiger partial charge in [0.15, 0.2) is 0 Å². The van der Waals surface area contributed by atoms with Gasteiger partial charge >= 0.3 is 4.87 Å². The molecule has 2 N–H and O–H groups in total. The Bertz CT molecular complexity index is 1190. The lowest BCUT2D eigenvalue weighted by Crippen LogP contribution is -2.24. The monoisotopic (exact) mass is 407 g/mol. The van der Waals surface area contributed by atoms with Crippen molar-refractivity contribution in [1.29, 1.82) is 0 Å². The second-order valence-electron chi connectivity index (χ2n) is 6.29. The number of nitrogens with one attached hydrogen (secondary N) is 1. The lowest BCUT2D eigenvalue weighted by Gasteiger charge is -2.07. The molecule has 0 aliphatic carbocycles. The number of allylic oxidation sites excluding steroid dienone is 1. The fraction of sp³-hybridized carbons (Fsp3) is 0.0952. The molecule has 1 aliphatic rings. The molecule has 29 heavy (non-hydrogen) atoms. The molecule has 0 saturated carbocycles. The third-order valence-electron chi connectivity index (χ3n) is 4.41. The van der Waals surface area contributed by atoms with Crippen LogP contribution in [0.25, 0.3) is 11.6 Å². The highest BCUT2D eigenvalue weighted by Crippen LogP contribution is 2.34. The average Bonchev–Trinajstić information content (AvgIpc) is 3.25. The summed E-state index contributed by atoms with van der Waals surface area (Å²) in [5.41, 5.74) is 3.13. The maximum Gasteiger partial charge on any atom is 0.311 e. The van der Waals surface area contributed by atoms with E-state index in [0.717, 1.165) is 32.7 Å². The van der Waals surface area contributed by atoms with Crippen LogP contribution in [0, 0.1) is 0 Å². The molecule has 0 fully saturated rings. The van der Waals surface area contributed by atoms with E-state index in [0.29, 0.717) is 16.3 Å².